The molecule has 11 aromatic carbocycles. The van der Waals surface area contributed by atoms with E-state index in [-0.39, 0.29) is 0 Å². The number of nitrogens with zero attached hydrogens (tertiary/aromatic N) is 2. The van der Waals surface area contributed by atoms with Gasteiger partial charge in [-0.2, -0.15) is 0 Å². The van der Waals surface area contributed by atoms with E-state index in [0.717, 1.165) is 33.9 Å². The quantitative estimate of drug-likeness (QED) is 0.156. The van der Waals surface area contributed by atoms with E-state index < -0.39 is 0 Å². The van der Waals surface area contributed by atoms with Gasteiger partial charge >= 0.3 is 0 Å². The summed E-state index contributed by atoms with van der Waals surface area (Å²) in [6.45, 7) is 0. The van der Waals surface area contributed by atoms with Crippen LogP contribution >= 0.6 is 0 Å². The molecule has 0 bridgehead atoms. The molecule has 0 fully saturated rings. The molecule has 0 atom stereocenters. The molecule has 0 saturated carbocycles. The Morgan fingerprint density at radius 2 is 0.790 bits per heavy atom. The highest BCUT2D eigenvalue weighted by atomic mass is 15.1. The summed E-state index contributed by atoms with van der Waals surface area (Å²) >= 11 is 0. The first-order chi connectivity index (χ1) is 30.8. The Balaban J connectivity index is 1.11. The molecule has 12 rings (SSSR count). The summed E-state index contributed by atoms with van der Waals surface area (Å²) in [7, 11) is 0. The summed E-state index contributed by atoms with van der Waals surface area (Å²) in [5.74, 6) is 0. The minimum absolute atomic E-state index is 1.10. The zero-order valence-electron chi connectivity index (χ0n) is 34.0. The van der Waals surface area contributed by atoms with Crippen molar-refractivity contribution < 1.29 is 0 Å². The van der Waals surface area contributed by atoms with Crippen molar-refractivity contribution in [3.05, 3.63) is 243 Å². The molecule has 1 aromatic heterocycles. The molecule has 0 aliphatic rings. The fourth-order valence-corrected chi connectivity index (χ4v) is 9.76. The first kappa shape index (κ1) is 35.7. The lowest BCUT2D eigenvalue weighted by Crippen LogP contribution is -2.13. The van der Waals surface area contributed by atoms with Gasteiger partial charge in [0.15, 0.2) is 0 Å². The standard InChI is InChI=1S/C60H40N2/c1-2-19-43-39-45(36-35-41(43)17-1)48-37-38-60(53-26-6-5-25-50(48)53)62(59-34-14-8-27-52(59)51-30-16-20-42-18-3-4-23-47(42)51)56-31-11-7-24-49(56)44-21-15-22-46(40-44)61-57-32-12-9-28-54(57)55-29-10-13-33-58(55)61/h1-40H. The van der Waals surface area contributed by atoms with Gasteiger partial charge in [-0.05, 0) is 97.7 Å². The Hall–Kier alpha value is -8.20. The van der Waals surface area contributed by atoms with Crippen molar-refractivity contribution in [1.82, 2.24) is 4.57 Å². The van der Waals surface area contributed by atoms with Gasteiger partial charge in [-0.25, -0.2) is 0 Å². The first-order valence-corrected chi connectivity index (χ1v) is 21.3. The second-order valence-corrected chi connectivity index (χ2v) is 16.1. The van der Waals surface area contributed by atoms with E-state index in [1.807, 2.05) is 0 Å². The van der Waals surface area contributed by atoms with E-state index in [1.54, 1.807) is 0 Å². The molecule has 0 spiro atoms. The number of rotatable bonds is 7. The predicted molar refractivity (Wildman–Crippen MR) is 264 cm³/mol. The van der Waals surface area contributed by atoms with E-state index in [0.29, 0.717) is 0 Å². The molecule has 2 heteroatoms. The normalized spacial score (nSPS) is 11.5. The van der Waals surface area contributed by atoms with Gasteiger partial charge in [0.1, 0.15) is 0 Å². The molecule has 0 aliphatic heterocycles. The fourth-order valence-electron chi connectivity index (χ4n) is 9.76. The number of hydrogen-bond acceptors (Lipinski definition) is 1. The van der Waals surface area contributed by atoms with E-state index in [4.69, 9.17) is 0 Å². The monoisotopic (exact) mass is 788 g/mol. The van der Waals surface area contributed by atoms with Gasteiger partial charge < -0.3 is 9.47 Å². The van der Waals surface area contributed by atoms with Crippen LogP contribution in [0.5, 0.6) is 0 Å². The second-order valence-electron chi connectivity index (χ2n) is 16.1. The smallest absolute Gasteiger partial charge is 0.0541 e. The third-order valence-electron chi connectivity index (χ3n) is 12.6. The molecule has 0 aliphatic carbocycles. The topological polar surface area (TPSA) is 8.17 Å². The molecule has 0 amide bonds. The molecule has 0 unspecified atom stereocenters. The van der Waals surface area contributed by atoms with Gasteiger partial charge in [0.25, 0.3) is 0 Å². The van der Waals surface area contributed by atoms with E-state index in [9.17, 15) is 0 Å². The summed E-state index contributed by atoms with van der Waals surface area (Å²) in [4.78, 5) is 2.51. The van der Waals surface area contributed by atoms with Crippen molar-refractivity contribution in [2.45, 2.75) is 0 Å². The van der Waals surface area contributed by atoms with Crippen LogP contribution < -0.4 is 4.90 Å². The van der Waals surface area contributed by atoms with Crippen molar-refractivity contribution in [1.29, 1.82) is 0 Å². The van der Waals surface area contributed by atoms with E-state index in [2.05, 4.69) is 252 Å². The second kappa shape index (κ2) is 14.8. The van der Waals surface area contributed by atoms with Gasteiger partial charge in [-0.1, -0.05) is 194 Å². The lowest BCUT2D eigenvalue weighted by Gasteiger charge is -2.31. The fraction of sp³-hybridized carbons (Fsp3) is 0. The van der Waals surface area contributed by atoms with Crippen LogP contribution in [0.15, 0.2) is 243 Å². The zero-order chi connectivity index (χ0) is 41.0. The van der Waals surface area contributed by atoms with Crippen LogP contribution in [0, 0.1) is 0 Å². The maximum atomic E-state index is 2.51. The van der Waals surface area contributed by atoms with Gasteiger partial charge in [-0.15, -0.1) is 0 Å². The van der Waals surface area contributed by atoms with Crippen molar-refractivity contribution >= 4 is 71.2 Å². The number of fused-ring (bicyclic) bond motifs is 6. The molecular formula is C60H40N2. The summed E-state index contributed by atoms with van der Waals surface area (Å²) in [5, 5.41) is 9.82. The maximum absolute atomic E-state index is 2.51. The van der Waals surface area contributed by atoms with Crippen molar-refractivity contribution in [3.8, 4) is 39.1 Å². The van der Waals surface area contributed by atoms with Crippen LogP contribution in [0.4, 0.5) is 17.1 Å². The largest absolute Gasteiger partial charge is 0.309 e. The highest BCUT2D eigenvalue weighted by Crippen LogP contribution is 2.49. The van der Waals surface area contributed by atoms with Gasteiger partial charge in [-0.3, -0.25) is 0 Å². The van der Waals surface area contributed by atoms with Crippen LogP contribution in [0.25, 0.3) is 93.2 Å². The van der Waals surface area contributed by atoms with Gasteiger partial charge in [0.05, 0.1) is 28.1 Å². The maximum Gasteiger partial charge on any atom is 0.0541 e. The third kappa shape index (κ3) is 5.88. The number of aromatic nitrogens is 1. The van der Waals surface area contributed by atoms with E-state index in [1.165, 1.54) is 76.4 Å². The highest BCUT2D eigenvalue weighted by molar-refractivity contribution is 6.11. The first-order valence-electron chi connectivity index (χ1n) is 21.3. The summed E-state index contributed by atoms with van der Waals surface area (Å²) < 4.78 is 2.41. The van der Waals surface area contributed by atoms with Crippen LogP contribution in [0.2, 0.25) is 0 Å². The SMILES string of the molecule is c1cc(-c2ccccc2N(c2ccccc2-c2cccc3ccccc23)c2ccc(-c3ccc4ccccc4c3)c3ccccc23)cc(-n2c3ccccc3c3ccccc32)c1. The summed E-state index contributed by atoms with van der Waals surface area (Å²) in [6, 6.07) is 88.7. The van der Waals surface area contributed by atoms with Crippen LogP contribution in [0.3, 0.4) is 0 Å². The molecule has 0 radical (unpaired) electrons. The number of benzene rings is 11. The molecule has 2 nitrogen and oxygen atoms in total. The summed E-state index contributed by atoms with van der Waals surface area (Å²) in [6.07, 6.45) is 0. The van der Waals surface area contributed by atoms with Crippen molar-refractivity contribution in [2.24, 2.45) is 0 Å². The predicted octanol–water partition coefficient (Wildman–Crippen LogP) is 16.7. The number of hydrogen-bond donors (Lipinski definition) is 0. The lowest BCUT2D eigenvalue weighted by molar-refractivity contribution is 1.18. The molecule has 1 heterocycles. The molecular weight excluding hydrogens is 749 g/mol. The molecule has 290 valence electrons. The van der Waals surface area contributed by atoms with Crippen molar-refractivity contribution in [2.75, 3.05) is 4.90 Å². The minimum Gasteiger partial charge on any atom is -0.309 e. The molecule has 62 heavy (non-hydrogen) atoms. The molecule has 0 N–H and O–H groups in total. The number of anilines is 3. The Morgan fingerprint density at radius 3 is 1.56 bits per heavy atom. The Labute approximate surface area is 360 Å². The average molecular weight is 789 g/mol. The summed E-state index contributed by atoms with van der Waals surface area (Å²) in [5.41, 5.74) is 13.9. The molecule has 0 saturated heterocycles. The Kier molecular flexibility index (Phi) is 8.53. The highest BCUT2D eigenvalue weighted by Gasteiger charge is 2.24. The minimum atomic E-state index is 1.10. The van der Waals surface area contributed by atoms with Gasteiger partial charge in [0.2, 0.25) is 0 Å². The molecule has 12 aromatic rings. The Morgan fingerprint density at radius 1 is 0.258 bits per heavy atom. The van der Waals surface area contributed by atoms with E-state index >= 15 is 0 Å². The third-order valence-corrected chi connectivity index (χ3v) is 12.6. The Bertz CT molecular complexity index is 3610. The van der Waals surface area contributed by atoms with Crippen LogP contribution in [-0.4, -0.2) is 4.57 Å². The van der Waals surface area contributed by atoms with Crippen molar-refractivity contribution in [3.63, 3.8) is 0 Å². The number of para-hydroxylation sites is 4. The average Bonchev–Trinajstić information content (AvgIpc) is 3.68. The zero-order valence-corrected chi connectivity index (χ0v) is 34.0. The lowest BCUT2D eigenvalue weighted by atomic mass is 9.93. The van der Waals surface area contributed by atoms with Crippen LogP contribution in [0.1, 0.15) is 0 Å². The van der Waals surface area contributed by atoms with Gasteiger partial charge in [0, 0.05) is 33.0 Å². The van der Waals surface area contributed by atoms with Crippen LogP contribution in [-0.2, 0) is 0 Å².